The Morgan fingerprint density at radius 2 is 1.70 bits per heavy atom. The number of ether oxygens (including phenoxy) is 2. The molecule has 0 spiro atoms. The molecule has 0 atom stereocenters. The largest absolute Gasteiger partial charge is 0.504 e. The highest BCUT2D eigenvalue weighted by molar-refractivity contribution is 6.20. The fourth-order valence-electron chi connectivity index (χ4n) is 0.887. The van der Waals surface area contributed by atoms with Gasteiger partial charge in [-0.05, 0) is 0 Å². The molecule has 60 valence electrons. The van der Waals surface area contributed by atoms with Gasteiger partial charge in [-0.2, -0.15) is 0 Å². The minimum Gasteiger partial charge on any atom is -0.504 e. The Labute approximate surface area is 65.6 Å². The number of rotatable bonds is 3. The van der Waals surface area contributed by atoms with E-state index in [0.29, 0.717) is 5.92 Å². The fourth-order valence-corrected chi connectivity index (χ4v) is 1.67. The van der Waals surface area contributed by atoms with E-state index < -0.39 is 0 Å². The van der Waals surface area contributed by atoms with E-state index >= 15 is 0 Å². The average Bonchev–Trinajstić information content (AvgIpc) is 1.88. The first-order chi connectivity index (χ1) is 4.63. The average molecular weight is 160 g/mol. The van der Waals surface area contributed by atoms with Crippen LogP contribution in [0.4, 0.5) is 0 Å². The number of methoxy groups -OCH3 is 2. The number of allylic oxidation sites excluding steroid dienone is 1. The second kappa shape index (κ2) is 4.38. The predicted molar refractivity (Wildman–Crippen MR) is 45.8 cm³/mol. The Morgan fingerprint density at radius 1 is 1.20 bits per heavy atom. The van der Waals surface area contributed by atoms with Crippen molar-refractivity contribution in [1.29, 1.82) is 0 Å². The summed E-state index contributed by atoms with van der Waals surface area (Å²) in [7, 11) is 4.28. The van der Waals surface area contributed by atoms with Crippen LogP contribution < -0.4 is 0 Å². The van der Waals surface area contributed by atoms with Gasteiger partial charge in [0.15, 0.2) is 0 Å². The summed E-state index contributed by atoms with van der Waals surface area (Å²) in [4.78, 5) is 0. The molecular weight excluding hydrogens is 144 g/mol. The standard InChI is InChI=1S/C7H16O2Si/c1-5(2)6(8-3)7(10)9-4/h5H,1-4,10H3. The summed E-state index contributed by atoms with van der Waals surface area (Å²) in [5.74, 6) is 1.41. The second-order valence-electron chi connectivity index (χ2n) is 2.48. The van der Waals surface area contributed by atoms with Crippen LogP contribution in [0, 0.1) is 5.92 Å². The summed E-state index contributed by atoms with van der Waals surface area (Å²) >= 11 is 0. The SMILES string of the molecule is COC([SiH3])=C(OC)C(C)C. The van der Waals surface area contributed by atoms with Gasteiger partial charge in [0.05, 0.1) is 24.5 Å². The molecule has 0 saturated heterocycles. The van der Waals surface area contributed by atoms with Gasteiger partial charge in [0.2, 0.25) is 0 Å². The first-order valence-electron chi connectivity index (χ1n) is 3.42. The van der Waals surface area contributed by atoms with Crippen LogP contribution >= 0.6 is 0 Å². The lowest BCUT2D eigenvalue weighted by atomic mass is 10.2. The maximum absolute atomic E-state index is 5.15. The van der Waals surface area contributed by atoms with Crippen LogP contribution in [0.3, 0.4) is 0 Å². The van der Waals surface area contributed by atoms with Crippen LogP contribution in [-0.2, 0) is 9.47 Å². The topological polar surface area (TPSA) is 18.5 Å². The summed E-state index contributed by atoms with van der Waals surface area (Å²) < 4.78 is 10.2. The Balaban J connectivity index is 4.29. The third kappa shape index (κ3) is 2.43. The highest BCUT2D eigenvalue weighted by atomic mass is 28.1. The lowest BCUT2D eigenvalue weighted by molar-refractivity contribution is 0.212. The van der Waals surface area contributed by atoms with Crippen molar-refractivity contribution in [1.82, 2.24) is 0 Å². The highest BCUT2D eigenvalue weighted by Crippen LogP contribution is 2.13. The van der Waals surface area contributed by atoms with E-state index in [1.165, 1.54) is 0 Å². The first kappa shape index (κ1) is 9.56. The molecule has 0 radical (unpaired) electrons. The van der Waals surface area contributed by atoms with Crippen LogP contribution in [0.25, 0.3) is 0 Å². The molecule has 0 saturated carbocycles. The molecular formula is C7H16O2Si. The Bertz CT molecular complexity index is 130. The van der Waals surface area contributed by atoms with Gasteiger partial charge in [-0.15, -0.1) is 0 Å². The van der Waals surface area contributed by atoms with Crippen LogP contribution in [0.15, 0.2) is 11.1 Å². The van der Waals surface area contributed by atoms with Gasteiger partial charge in [-0.25, -0.2) is 0 Å². The molecule has 0 aromatic rings. The zero-order valence-electron chi connectivity index (χ0n) is 7.39. The Kier molecular flexibility index (Phi) is 4.19. The molecule has 0 bridgehead atoms. The fraction of sp³-hybridized carbons (Fsp3) is 0.714. The van der Waals surface area contributed by atoms with Gasteiger partial charge in [0, 0.05) is 5.92 Å². The minimum absolute atomic E-state index is 0.428. The summed E-state index contributed by atoms with van der Waals surface area (Å²) in [6.07, 6.45) is 0. The Morgan fingerprint density at radius 3 is 1.80 bits per heavy atom. The monoisotopic (exact) mass is 160 g/mol. The van der Waals surface area contributed by atoms with E-state index in [1.807, 2.05) is 0 Å². The van der Waals surface area contributed by atoms with E-state index in [2.05, 4.69) is 13.8 Å². The molecule has 3 heteroatoms. The maximum Gasteiger partial charge on any atom is 0.129 e. The van der Waals surface area contributed by atoms with Crippen LogP contribution in [0.1, 0.15) is 13.8 Å². The molecule has 0 unspecified atom stereocenters. The van der Waals surface area contributed by atoms with E-state index in [9.17, 15) is 0 Å². The zero-order valence-corrected chi connectivity index (χ0v) is 9.39. The summed E-state index contributed by atoms with van der Waals surface area (Å²) in [6.45, 7) is 4.19. The molecule has 0 aliphatic carbocycles. The van der Waals surface area contributed by atoms with Crippen LogP contribution in [-0.4, -0.2) is 24.5 Å². The summed E-state index contributed by atoms with van der Waals surface area (Å²) in [5, 5.41) is 0.998. The predicted octanol–water partition coefficient (Wildman–Crippen LogP) is 0.470. The van der Waals surface area contributed by atoms with E-state index in [1.54, 1.807) is 14.2 Å². The van der Waals surface area contributed by atoms with Crippen LogP contribution in [0.2, 0.25) is 0 Å². The van der Waals surface area contributed by atoms with Gasteiger partial charge in [0.25, 0.3) is 0 Å². The van der Waals surface area contributed by atoms with E-state index in [-0.39, 0.29) is 0 Å². The van der Waals surface area contributed by atoms with Crippen LogP contribution in [0.5, 0.6) is 0 Å². The summed E-state index contributed by atoms with van der Waals surface area (Å²) in [5.41, 5.74) is 0. The van der Waals surface area contributed by atoms with Gasteiger partial charge in [-0.1, -0.05) is 13.8 Å². The molecule has 0 aromatic carbocycles. The molecule has 0 fully saturated rings. The molecule has 0 aromatic heterocycles. The lowest BCUT2D eigenvalue weighted by Gasteiger charge is -2.12. The van der Waals surface area contributed by atoms with Gasteiger partial charge in [-0.3, -0.25) is 0 Å². The highest BCUT2D eigenvalue weighted by Gasteiger charge is 2.06. The molecule has 0 N–H and O–H groups in total. The van der Waals surface area contributed by atoms with Crippen molar-refractivity contribution in [3.05, 3.63) is 11.1 Å². The van der Waals surface area contributed by atoms with Crippen molar-refractivity contribution in [3.8, 4) is 0 Å². The normalized spacial score (nSPS) is 13.3. The quantitative estimate of drug-likeness (QED) is 0.441. The maximum atomic E-state index is 5.15. The van der Waals surface area contributed by atoms with Gasteiger partial charge >= 0.3 is 0 Å². The van der Waals surface area contributed by atoms with Gasteiger partial charge in [0.1, 0.15) is 11.1 Å². The molecule has 0 amide bonds. The molecule has 0 heterocycles. The minimum atomic E-state index is 0.428. The second-order valence-corrected chi connectivity index (χ2v) is 3.39. The molecule has 2 nitrogen and oxygen atoms in total. The first-order valence-corrected chi connectivity index (χ1v) is 4.42. The lowest BCUT2D eigenvalue weighted by Crippen LogP contribution is -2.03. The smallest absolute Gasteiger partial charge is 0.129 e. The molecule has 0 aliphatic rings. The van der Waals surface area contributed by atoms with Crippen molar-refractivity contribution >= 4 is 10.2 Å². The third-order valence-corrected chi connectivity index (χ3v) is 2.30. The third-order valence-electron chi connectivity index (χ3n) is 1.40. The molecule has 10 heavy (non-hydrogen) atoms. The van der Waals surface area contributed by atoms with E-state index in [4.69, 9.17) is 9.47 Å². The van der Waals surface area contributed by atoms with E-state index in [0.717, 1.165) is 21.4 Å². The van der Waals surface area contributed by atoms with Crippen molar-refractivity contribution in [2.24, 2.45) is 5.92 Å². The van der Waals surface area contributed by atoms with Crippen molar-refractivity contribution in [3.63, 3.8) is 0 Å². The zero-order chi connectivity index (χ0) is 8.15. The number of hydrogen-bond acceptors (Lipinski definition) is 2. The molecule has 0 aliphatic heterocycles. The Hall–Kier alpha value is -0.443. The van der Waals surface area contributed by atoms with Crippen molar-refractivity contribution in [2.75, 3.05) is 14.2 Å². The van der Waals surface area contributed by atoms with Gasteiger partial charge < -0.3 is 9.47 Å². The number of hydrogen-bond donors (Lipinski definition) is 0. The summed E-state index contributed by atoms with van der Waals surface area (Å²) in [6, 6.07) is 0. The van der Waals surface area contributed by atoms with Crippen molar-refractivity contribution in [2.45, 2.75) is 13.8 Å². The molecule has 0 rings (SSSR count). The van der Waals surface area contributed by atoms with Crippen molar-refractivity contribution < 1.29 is 9.47 Å².